The van der Waals surface area contributed by atoms with Gasteiger partial charge in [0.1, 0.15) is 5.75 Å². The van der Waals surface area contributed by atoms with Gasteiger partial charge in [-0.3, -0.25) is 4.79 Å². The summed E-state index contributed by atoms with van der Waals surface area (Å²) < 4.78 is 6.06. The molecule has 22 heavy (non-hydrogen) atoms. The smallest absolute Gasteiger partial charge is 0.337 e. The number of ether oxygens (including phenoxy) is 1. The molecule has 0 unspecified atom stereocenters. The van der Waals surface area contributed by atoms with E-state index < -0.39 is 5.97 Å². The summed E-state index contributed by atoms with van der Waals surface area (Å²) >= 11 is 3.20. The van der Waals surface area contributed by atoms with Crippen LogP contribution in [0.4, 0.5) is 5.69 Å². The minimum absolute atomic E-state index is 0.0340. The number of aromatic carboxylic acids is 1. The number of benzene rings is 2. The van der Waals surface area contributed by atoms with E-state index in [-0.39, 0.29) is 30.2 Å². The fraction of sp³-hybridized carbons (Fsp3) is 0.125. The maximum Gasteiger partial charge on any atom is 0.337 e. The van der Waals surface area contributed by atoms with Crippen LogP contribution in [0.3, 0.4) is 0 Å². The third kappa shape index (κ3) is 4.60. The van der Waals surface area contributed by atoms with Crippen molar-refractivity contribution in [2.24, 2.45) is 0 Å². The van der Waals surface area contributed by atoms with Gasteiger partial charge in [-0.05, 0) is 30.3 Å². The molecule has 2 aromatic carbocycles. The maximum absolute atomic E-state index is 11.9. The van der Waals surface area contributed by atoms with Crippen LogP contribution in [0.25, 0.3) is 0 Å². The Bertz CT molecular complexity index is 673. The van der Waals surface area contributed by atoms with Crippen LogP contribution in [0.2, 0.25) is 0 Å². The summed E-state index contributed by atoms with van der Waals surface area (Å²) in [6.45, 7) is 0.217. The van der Waals surface area contributed by atoms with E-state index in [9.17, 15) is 9.59 Å². The Morgan fingerprint density at radius 2 is 1.86 bits per heavy atom. The first kappa shape index (κ1) is 16.0. The van der Waals surface area contributed by atoms with E-state index in [0.29, 0.717) is 10.2 Å². The zero-order valence-corrected chi connectivity index (χ0v) is 13.2. The van der Waals surface area contributed by atoms with Gasteiger partial charge in [0, 0.05) is 4.47 Å². The molecule has 1 amide bonds. The highest BCUT2D eigenvalue weighted by Crippen LogP contribution is 2.21. The molecule has 2 rings (SSSR count). The fourth-order valence-electron chi connectivity index (χ4n) is 1.79. The molecule has 0 fully saturated rings. The van der Waals surface area contributed by atoms with Crippen molar-refractivity contribution < 1.29 is 19.4 Å². The summed E-state index contributed by atoms with van der Waals surface area (Å²) in [6.07, 6.45) is 0.129. The number of halogens is 1. The summed E-state index contributed by atoms with van der Waals surface area (Å²) in [6, 6.07) is 13.8. The van der Waals surface area contributed by atoms with Crippen LogP contribution in [-0.4, -0.2) is 23.6 Å². The lowest BCUT2D eigenvalue weighted by molar-refractivity contribution is -0.116. The highest BCUT2D eigenvalue weighted by Gasteiger charge is 2.13. The molecule has 0 atom stereocenters. The van der Waals surface area contributed by atoms with E-state index in [4.69, 9.17) is 9.84 Å². The Morgan fingerprint density at radius 1 is 1.14 bits per heavy atom. The topological polar surface area (TPSA) is 75.6 Å². The molecule has 114 valence electrons. The van der Waals surface area contributed by atoms with Crippen molar-refractivity contribution in [2.75, 3.05) is 11.9 Å². The van der Waals surface area contributed by atoms with E-state index in [1.54, 1.807) is 24.3 Å². The van der Waals surface area contributed by atoms with Crippen molar-refractivity contribution >= 4 is 33.5 Å². The monoisotopic (exact) mass is 363 g/mol. The van der Waals surface area contributed by atoms with Crippen molar-refractivity contribution in [1.29, 1.82) is 0 Å². The highest BCUT2D eigenvalue weighted by atomic mass is 79.9. The molecular formula is C16H14BrNO4. The minimum Gasteiger partial charge on any atom is -0.493 e. The van der Waals surface area contributed by atoms with Crippen molar-refractivity contribution in [3.63, 3.8) is 0 Å². The van der Waals surface area contributed by atoms with Gasteiger partial charge in [-0.15, -0.1) is 0 Å². The molecule has 2 N–H and O–H groups in total. The van der Waals surface area contributed by atoms with Crippen LogP contribution in [0.5, 0.6) is 5.75 Å². The number of hydrogen-bond acceptors (Lipinski definition) is 3. The summed E-state index contributed by atoms with van der Waals surface area (Å²) in [5, 5.41) is 11.7. The first-order chi connectivity index (χ1) is 10.6. The van der Waals surface area contributed by atoms with Crippen molar-refractivity contribution in [2.45, 2.75) is 6.42 Å². The molecule has 0 heterocycles. The fourth-order valence-corrected chi connectivity index (χ4v) is 2.15. The van der Waals surface area contributed by atoms with Crippen LogP contribution < -0.4 is 10.1 Å². The van der Waals surface area contributed by atoms with Crippen LogP contribution in [0.15, 0.2) is 53.0 Å². The first-order valence-electron chi connectivity index (χ1n) is 6.57. The SMILES string of the molecule is O=C(CCOc1ccccc1)Nc1ccc(Br)cc1C(=O)O. The van der Waals surface area contributed by atoms with Gasteiger partial charge < -0.3 is 15.2 Å². The van der Waals surface area contributed by atoms with Crippen molar-refractivity contribution in [3.05, 3.63) is 58.6 Å². The molecule has 0 aliphatic carbocycles. The van der Waals surface area contributed by atoms with Gasteiger partial charge in [-0.25, -0.2) is 4.79 Å². The largest absolute Gasteiger partial charge is 0.493 e. The Labute approximate surface area is 136 Å². The predicted molar refractivity (Wildman–Crippen MR) is 86.3 cm³/mol. The molecule has 5 nitrogen and oxygen atoms in total. The van der Waals surface area contributed by atoms with E-state index in [1.807, 2.05) is 18.2 Å². The summed E-state index contributed by atoms with van der Waals surface area (Å²) in [7, 11) is 0. The molecule has 0 saturated heterocycles. The number of nitrogens with one attached hydrogen (secondary N) is 1. The maximum atomic E-state index is 11.9. The average molecular weight is 364 g/mol. The van der Waals surface area contributed by atoms with Crippen LogP contribution in [-0.2, 0) is 4.79 Å². The molecule has 0 radical (unpaired) electrons. The Balaban J connectivity index is 1.91. The molecule has 2 aromatic rings. The Hall–Kier alpha value is -2.34. The van der Waals surface area contributed by atoms with Crippen molar-refractivity contribution in [3.8, 4) is 5.75 Å². The lowest BCUT2D eigenvalue weighted by Crippen LogP contribution is -2.17. The molecule has 0 bridgehead atoms. The lowest BCUT2D eigenvalue weighted by Gasteiger charge is -2.09. The second-order valence-corrected chi connectivity index (χ2v) is 5.37. The number of carbonyl (C=O) groups excluding carboxylic acids is 1. The number of anilines is 1. The normalized spacial score (nSPS) is 10.0. The highest BCUT2D eigenvalue weighted by molar-refractivity contribution is 9.10. The van der Waals surface area contributed by atoms with Crippen molar-refractivity contribution in [1.82, 2.24) is 0 Å². The quantitative estimate of drug-likeness (QED) is 0.822. The summed E-state index contributed by atoms with van der Waals surface area (Å²) in [5.41, 5.74) is 0.298. The first-order valence-corrected chi connectivity index (χ1v) is 7.36. The van der Waals surface area contributed by atoms with E-state index in [0.717, 1.165) is 0 Å². The van der Waals surface area contributed by atoms with Gasteiger partial charge in [0.25, 0.3) is 0 Å². The number of carboxylic acid groups (broad SMARTS) is 1. The van der Waals surface area contributed by atoms with Gasteiger partial charge in [-0.2, -0.15) is 0 Å². The average Bonchev–Trinajstić information content (AvgIpc) is 2.50. The molecule has 0 aromatic heterocycles. The molecule has 0 saturated carbocycles. The molecule has 6 heteroatoms. The molecular weight excluding hydrogens is 350 g/mol. The van der Waals surface area contributed by atoms with E-state index >= 15 is 0 Å². The number of amides is 1. The zero-order valence-electron chi connectivity index (χ0n) is 11.6. The Kier molecular flexibility index (Phi) is 5.55. The third-order valence-corrected chi connectivity index (χ3v) is 3.32. The molecule has 0 aliphatic heterocycles. The number of carbonyl (C=O) groups is 2. The second-order valence-electron chi connectivity index (χ2n) is 4.45. The summed E-state index contributed by atoms with van der Waals surface area (Å²) in [4.78, 5) is 23.0. The number of carboxylic acids is 1. The van der Waals surface area contributed by atoms with Crippen LogP contribution >= 0.6 is 15.9 Å². The Morgan fingerprint density at radius 3 is 2.55 bits per heavy atom. The van der Waals surface area contributed by atoms with Gasteiger partial charge in [0.15, 0.2) is 0 Å². The zero-order chi connectivity index (χ0) is 15.9. The lowest BCUT2D eigenvalue weighted by atomic mass is 10.2. The molecule has 0 aliphatic rings. The van der Waals surface area contributed by atoms with Gasteiger partial charge in [0.05, 0.1) is 24.3 Å². The summed E-state index contributed by atoms with van der Waals surface area (Å²) in [5.74, 6) is -0.719. The number of para-hydroxylation sites is 1. The van der Waals surface area contributed by atoms with Gasteiger partial charge >= 0.3 is 5.97 Å². The van der Waals surface area contributed by atoms with E-state index in [2.05, 4.69) is 21.2 Å². The van der Waals surface area contributed by atoms with Gasteiger partial charge in [-0.1, -0.05) is 34.1 Å². The number of rotatable bonds is 6. The predicted octanol–water partition coefficient (Wildman–Crippen LogP) is 3.55. The van der Waals surface area contributed by atoms with Gasteiger partial charge in [0.2, 0.25) is 5.91 Å². The van der Waals surface area contributed by atoms with E-state index in [1.165, 1.54) is 6.07 Å². The number of hydrogen-bond donors (Lipinski definition) is 2. The molecule has 0 spiro atoms. The standard InChI is InChI=1S/C16H14BrNO4/c17-11-6-7-14(13(10-11)16(20)21)18-15(19)8-9-22-12-4-2-1-3-5-12/h1-7,10H,8-9H2,(H,18,19)(H,20,21). The van der Waals surface area contributed by atoms with Crippen LogP contribution in [0, 0.1) is 0 Å². The van der Waals surface area contributed by atoms with Crippen LogP contribution in [0.1, 0.15) is 16.8 Å². The second kappa shape index (κ2) is 7.61. The minimum atomic E-state index is -1.10. The third-order valence-electron chi connectivity index (χ3n) is 2.83.